The van der Waals surface area contributed by atoms with Gasteiger partial charge in [-0.2, -0.15) is 10.1 Å². The highest BCUT2D eigenvalue weighted by atomic mass is 16.5. The number of anilines is 2. The standard InChI is InChI=1S/C20H18N4O2/c1-13-11-19(24-23-13)21-18-12-14-7-3-4-8-15(14)20(22-18)26-17-10-6-5-9-16(17)25-2/h3-12H,1-2H3,(H2,21,22,23,24). The van der Waals surface area contributed by atoms with Crippen LogP contribution in [0.4, 0.5) is 11.6 Å². The summed E-state index contributed by atoms with van der Waals surface area (Å²) in [6.45, 7) is 1.95. The van der Waals surface area contributed by atoms with Crippen LogP contribution in [-0.2, 0) is 0 Å². The van der Waals surface area contributed by atoms with Crippen LogP contribution < -0.4 is 14.8 Å². The minimum Gasteiger partial charge on any atom is -0.493 e. The van der Waals surface area contributed by atoms with Gasteiger partial charge in [-0.25, -0.2) is 0 Å². The number of fused-ring (bicyclic) bond motifs is 1. The number of nitrogens with zero attached hydrogens (tertiary/aromatic N) is 2. The molecule has 2 aromatic heterocycles. The average molecular weight is 346 g/mol. The molecule has 0 bridgehead atoms. The van der Waals surface area contributed by atoms with E-state index >= 15 is 0 Å². The van der Waals surface area contributed by atoms with Crippen molar-refractivity contribution in [3.8, 4) is 17.4 Å². The summed E-state index contributed by atoms with van der Waals surface area (Å²) < 4.78 is 11.5. The molecule has 0 saturated heterocycles. The molecule has 4 rings (SSSR count). The van der Waals surface area contributed by atoms with Crippen molar-refractivity contribution in [3.63, 3.8) is 0 Å². The highest BCUT2D eigenvalue weighted by Gasteiger charge is 2.12. The molecule has 0 spiro atoms. The number of rotatable bonds is 5. The first-order chi connectivity index (χ1) is 12.7. The maximum absolute atomic E-state index is 6.09. The number of ether oxygens (including phenoxy) is 2. The Morgan fingerprint density at radius 2 is 1.69 bits per heavy atom. The summed E-state index contributed by atoms with van der Waals surface area (Å²) in [5.41, 5.74) is 0.971. The molecule has 0 radical (unpaired) electrons. The van der Waals surface area contributed by atoms with Gasteiger partial charge in [0.15, 0.2) is 17.3 Å². The minimum absolute atomic E-state index is 0.502. The molecule has 0 saturated carbocycles. The normalized spacial score (nSPS) is 10.7. The van der Waals surface area contributed by atoms with Gasteiger partial charge in [0.2, 0.25) is 5.88 Å². The van der Waals surface area contributed by atoms with E-state index in [-0.39, 0.29) is 0 Å². The Morgan fingerprint density at radius 3 is 2.46 bits per heavy atom. The first kappa shape index (κ1) is 16.0. The SMILES string of the molecule is COc1ccccc1Oc1nc(Nc2cc(C)[nH]n2)cc2ccccc12. The topological polar surface area (TPSA) is 72.1 Å². The quantitative estimate of drug-likeness (QED) is 0.542. The monoisotopic (exact) mass is 346 g/mol. The van der Waals surface area contributed by atoms with E-state index in [0.29, 0.717) is 29.0 Å². The van der Waals surface area contributed by atoms with E-state index in [0.717, 1.165) is 16.5 Å². The van der Waals surface area contributed by atoms with Crippen LogP contribution >= 0.6 is 0 Å². The smallest absolute Gasteiger partial charge is 0.229 e. The molecule has 4 aromatic rings. The van der Waals surface area contributed by atoms with Crippen LogP contribution in [0.2, 0.25) is 0 Å². The molecule has 6 heteroatoms. The van der Waals surface area contributed by atoms with Crippen LogP contribution in [0, 0.1) is 6.92 Å². The lowest BCUT2D eigenvalue weighted by Gasteiger charge is -2.13. The first-order valence-electron chi connectivity index (χ1n) is 8.22. The van der Waals surface area contributed by atoms with Crippen molar-refractivity contribution in [2.24, 2.45) is 0 Å². The molecule has 26 heavy (non-hydrogen) atoms. The number of aromatic nitrogens is 3. The fraction of sp³-hybridized carbons (Fsp3) is 0.100. The Labute approximate surface area is 150 Å². The van der Waals surface area contributed by atoms with Gasteiger partial charge in [0.1, 0.15) is 5.82 Å². The summed E-state index contributed by atoms with van der Waals surface area (Å²) in [6.07, 6.45) is 0. The molecule has 2 heterocycles. The number of methoxy groups -OCH3 is 1. The van der Waals surface area contributed by atoms with E-state index < -0.39 is 0 Å². The van der Waals surface area contributed by atoms with Crippen LogP contribution in [0.25, 0.3) is 10.8 Å². The highest BCUT2D eigenvalue weighted by molar-refractivity contribution is 5.89. The number of pyridine rings is 1. The maximum Gasteiger partial charge on any atom is 0.229 e. The van der Waals surface area contributed by atoms with Crippen LogP contribution in [0.1, 0.15) is 5.69 Å². The lowest BCUT2D eigenvalue weighted by atomic mass is 10.1. The van der Waals surface area contributed by atoms with Gasteiger partial charge >= 0.3 is 0 Å². The Kier molecular flexibility index (Phi) is 4.15. The van der Waals surface area contributed by atoms with E-state index in [1.165, 1.54) is 0 Å². The van der Waals surface area contributed by atoms with Crippen molar-refractivity contribution < 1.29 is 9.47 Å². The van der Waals surface area contributed by atoms with Crippen LogP contribution in [-0.4, -0.2) is 22.3 Å². The van der Waals surface area contributed by atoms with Gasteiger partial charge in [0, 0.05) is 17.1 Å². The minimum atomic E-state index is 0.502. The fourth-order valence-electron chi connectivity index (χ4n) is 2.73. The molecule has 0 amide bonds. The van der Waals surface area contributed by atoms with E-state index in [9.17, 15) is 0 Å². The van der Waals surface area contributed by atoms with Crippen molar-refractivity contribution in [1.29, 1.82) is 0 Å². The Bertz CT molecular complexity index is 1060. The largest absolute Gasteiger partial charge is 0.493 e. The van der Waals surface area contributed by atoms with Crippen LogP contribution in [0.15, 0.2) is 60.7 Å². The van der Waals surface area contributed by atoms with E-state index in [1.807, 2.05) is 67.6 Å². The Hall–Kier alpha value is -3.54. The molecule has 2 aromatic carbocycles. The Morgan fingerprint density at radius 1 is 0.923 bits per heavy atom. The molecule has 0 aliphatic carbocycles. The number of nitrogens with one attached hydrogen (secondary N) is 2. The second kappa shape index (κ2) is 6.76. The van der Waals surface area contributed by atoms with Gasteiger partial charge in [-0.3, -0.25) is 5.10 Å². The molecule has 0 aliphatic rings. The van der Waals surface area contributed by atoms with Gasteiger partial charge in [-0.1, -0.05) is 30.3 Å². The number of hydrogen-bond donors (Lipinski definition) is 2. The summed E-state index contributed by atoms with van der Waals surface area (Å²) in [7, 11) is 1.62. The zero-order valence-corrected chi connectivity index (χ0v) is 14.5. The molecule has 0 aliphatic heterocycles. The molecule has 0 atom stereocenters. The number of aryl methyl sites for hydroxylation is 1. The van der Waals surface area contributed by atoms with E-state index in [1.54, 1.807) is 7.11 Å². The Balaban J connectivity index is 1.76. The summed E-state index contributed by atoms with van der Waals surface area (Å²) in [5.74, 6) is 3.12. The predicted molar refractivity (Wildman–Crippen MR) is 101 cm³/mol. The number of para-hydroxylation sites is 2. The highest BCUT2D eigenvalue weighted by Crippen LogP contribution is 2.35. The first-order valence-corrected chi connectivity index (χ1v) is 8.22. The van der Waals surface area contributed by atoms with Gasteiger partial charge in [0.05, 0.1) is 7.11 Å². The lowest BCUT2D eigenvalue weighted by molar-refractivity contribution is 0.376. The molecule has 6 nitrogen and oxygen atoms in total. The van der Waals surface area contributed by atoms with Gasteiger partial charge in [-0.15, -0.1) is 0 Å². The third-order valence-electron chi connectivity index (χ3n) is 3.94. The van der Waals surface area contributed by atoms with Crippen molar-refractivity contribution >= 4 is 22.4 Å². The molecular weight excluding hydrogens is 328 g/mol. The summed E-state index contributed by atoms with van der Waals surface area (Å²) in [5, 5.41) is 12.2. The zero-order valence-electron chi connectivity index (χ0n) is 14.5. The third kappa shape index (κ3) is 3.17. The second-order valence-corrected chi connectivity index (χ2v) is 5.85. The van der Waals surface area contributed by atoms with Crippen LogP contribution in [0.3, 0.4) is 0 Å². The molecule has 130 valence electrons. The summed E-state index contributed by atoms with van der Waals surface area (Å²) in [6, 6.07) is 19.3. The lowest BCUT2D eigenvalue weighted by Crippen LogP contribution is -1.98. The van der Waals surface area contributed by atoms with E-state index in [2.05, 4.69) is 20.5 Å². The van der Waals surface area contributed by atoms with Crippen molar-refractivity contribution in [3.05, 3.63) is 66.4 Å². The van der Waals surface area contributed by atoms with Gasteiger partial charge in [0.25, 0.3) is 0 Å². The fourth-order valence-corrected chi connectivity index (χ4v) is 2.73. The number of H-pyrrole nitrogens is 1. The number of hydrogen-bond acceptors (Lipinski definition) is 5. The molecular formula is C20H18N4O2. The van der Waals surface area contributed by atoms with Crippen molar-refractivity contribution in [2.45, 2.75) is 6.92 Å². The van der Waals surface area contributed by atoms with Gasteiger partial charge in [-0.05, 0) is 36.6 Å². The van der Waals surface area contributed by atoms with E-state index in [4.69, 9.17) is 9.47 Å². The average Bonchev–Trinajstić information content (AvgIpc) is 3.07. The molecule has 0 unspecified atom stereocenters. The molecule has 2 N–H and O–H groups in total. The number of benzene rings is 2. The maximum atomic E-state index is 6.09. The summed E-state index contributed by atoms with van der Waals surface area (Å²) >= 11 is 0. The zero-order chi connectivity index (χ0) is 17.9. The molecule has 0 fully saturated rings. The summed E-state index contributed by atoms with van der Waals surface area (Å²) in [4.78, 5) is 4.63. The van der Waals surface area contributed by atoms with Crippen molar-refractivity contribution in [2.75, 3.05) is 12.4 Å². The van der Waals surface area contributed by atoms with Crippen molar-refractivity contribution in [1.82, 2.24) is 15.2 Å². The number of aromatic amines is 1. The predicted octanol–water partition coefficient (Wildman–Crippen LogP) is 4.81. The second-order valence-electron chi connectivity index (χ2n) is 5.85. The van der Waals surface area contributed by atoms with Crippen LogP contribution in [0.5, 0.6) is 17.4 Å². The van der Waals surface area contributed by atoms with Gasteiger partial charge < -0.3 is 14.8 Å². The third-order valence-corrected chi connectivity index (χ3v) is 3.94.